The third kappa shape index (κ3) is 3.34. The average molecular weight is 221 g/mol. The molecule has 90 valence electrons. The van der Waals surface area contributed by atoms with Gasteiger partial charge in [-0.2, -0.15) is 0 Å². The SMILES string of the molecule is CC(C)CCCNCc1cncn1C1CC1. The van der Waals surface area contributed by atoms with Gasteiger partial charge in [0.15, 0.2) is 0 Å². The van der Waals surface area contributed by atoms with E-state index in [1.54, 1.807) is 0 Å². The Morgan fingerprint density at radius 3 is 3.00 bits per heavy atom. The van der Waals surface area contributed by atoms with Crippen LogP contribution in [0.4, 0.5) is 0 Å². The number of rotatable bonds is 7. The van der Waals surface area contributed by atoms with Crippen molar-refractivity contribution in [2.45, 2.75) is 52.1 Å². The topological polar surface area (TPSA) is 29.9 Å². The molecule has 0 bridgehead atoms. The second kappa shape index (κ2) is 5.48. The summed E-state index contributed by atoms with van der Waals surface area (Å²) in [6.45, 7) is 6.65. The van der Waals surface area contributed by atoms with E-state index in [-0.39, 0.29) is 0 Å². The van der Waals surface area contributed by atoms with Gasteiger partial charge in [-0.05, 0) is 38.1 Å². The maximum atomic E-state index is 4.23. The van der Waals surface area contributed by atoms with Crippen molar-refractivity contribution in [3.63, 3.8) is 0 Å². The Balaban J connectivity index is 1.67. The summed E-state index contributed by atoms with van der Waals surface area (Å²) in [5, 5.41) is 3.51. The van der Waals surface area contributed by atoms with E-state index in [9.17, 15) is 0 Å². The molecular formula is C13H23N3. The van der Waals surface area contributed by atoms with Gasteiger partial charge in [0.05, 0.1) is 12.0 Å². The molecule has 0 saturated heterocycles. The predicted molar refractivity (Wildman–Crippen MR) is 66.3 cm³/mol. The number of nitrogens with one attached hydrogen (secondary N) is 1. The fourth-order valence-electron chi connectivity index (χ4n) is 2.00. The first kappa shape index (κ1) is 11.6. The highest BCUT2D eigenvalue weighted by molar-refractivity contribution is 5.03. The molecule has 0 amide bonds. The van der Waals surface area contributed by atoms with Gasteiger partial charge in [-0.25, -0.2) is 4.98 Å². The zero-order valence-electron chi connectivity index (χ0n) is 10.4. The minimum Gasteiger partial charge on any atom is -0.330 e. The average Bonchev–Trinajstić information content (AvgIpc) is 2.98. The quantitative estimate of drug-likeness (QED) is 0.717. The molecule has 0 spiro atoms. The second-order valence-corrected chi connectivity index (χ2v) is 5.24. The molecular weight excluding hydrogens is 198 g/mol. The second-order valence-electron chi connectivity index (χ2n) is 5.24. The lowest BCUT2D eigenvalue weighted by Gasteiger charge is -2.08. The lowest BCUT2D eigenvalue weighted by molar-refractivity contribution is 0.521. The third-order valence-electron chi connectivity index (χ3n) is 3.13. The Bertz CT molecular complexity index is 313. The maximum Gasteiger partial charge on any atom is 0.0951 e. The summed E-state index contributed by atoms with van der Waals surface area (Å²) in [6.07, 6.45) is 9.22. The van der Waals surface area contributed by atoms with Crippen molar-refractivity contribution in [1.82, 2.24) is 14.9 Å². The smallest absolute Gasteiger partial charge is 0.0951 e. The molecule has 1 heterocycles. The molecule has 1 aromatic rings. The molecule has 16 heavy (non-hydrogen) atoms. The lowest BCUT2D eigenvalue weighted by Crippen LogP contribution is -2.17. The number of hydrogen-bond acceptors (Lipinski definition) is 2. The molecule has 3 nitrogen and oxygen atoms in total. The monoisotopic (exact) mass is 221 g/mol. The Labute approximate surface area is 98.3 Å². The molecule has 1 aliphatic rings. The lowest BCUT2D eigenvalue weighted by atomic mass is 10.1. The molecule has 1 aromatic heterocycles. The van der Waals surface area contributed by atoms with Crippen LogP contribution in [-0.4, -0.2) is 16.1 Å². The number of imidazole rings is 1. The van der Waals surface area contributed by atoms with Crippen LogP contribution in [0.5, 0.6) is 0 Å². The highest BCUT2D eigenvalue weighted by Gasteiger charge is 2.24. The summed E-state index contributed by atoms with van der Waals surface area (Å²) >= 11 is 0. The van der Waals surface area contributed by atoms with Gasteiger partial charge in [0.1, 0.15) is 0 Å². The standard InChI is InChI=1S/C13H23N3/c1-11(2)4-3-7-14-8-13-9-15-10-16(13)12-5-6-12/h9-12,14H,3-8H2,1-2H3. The summed E-state index contributed by atoms with van der Waals surface area (Å²) in [4.78, 5) is 4.23. The fourth-order valence-corrected chi connectivity index (χ4v) is 2.00. The number of aromatic nitrogens is 2. The van der Waals surface area contributed by atoms with Gasteiger partial charge in [-0.15, -0.1) is 0 Å². The zero-order valence-corrected chi connectivity index (χ0v) is 10.4. The van der Waals surface area contributed by atoms with Crippen LogP contribution in [0.2, 0.25) is 0 Å². The van der Waals surface area contributed by atoms with Gasteiger partial charge in [0, 0.05) is 18.8 Å². The van der Waals surface area contributed by atoms with Crippen molar-refractivity contribution >= 4 is 0 Å². The predicted octanol–water partition coefficient (Wildman–Crippen LogP) is 2.74. The Kier molecular flexibility index (Phi) is 3.99. The van der Waals surface area contributed by atoms with Crippen molar-refractivity contribution in [2.24, 2.45) is 5.92 Å². The van der Waals surface area contributed by atoms with E-state index in [1.165, 1.54) is 31.4 Å². The van der Waals surface area contributed by atoms with Crippen LogP contribution in [0.25, 0.3) is 0 Å². The molecule has 1 saturated carbocycles. The summed E-state index contributed by atoms with van der Waals surface area (Å²) in [5.74, 6) is 0.818. The van der Waals surface area contributed by atoms with Gasteiger partial charge < -0.3 is 9.88 Å². The highest BCUT2D eigenvalue weighted by atomic mass is 15.1. The molecule has 0 aromatic carbocycles. The first-order chi connectivity index (χ1) is 7.77. The number of nitrogens with zero attached hydrogens (tertiary/aromatic N) is 2. The van der Waals surface area contributed by atoms with Gasteiger partial charge in [-0.3, -0.25) is 0 Å². The summed E-state index contributed by atoms with van der Waals surface area (Å²) in [7, 11) is 0. The summed E-state index contributed by atoms with van der Waals surface area (Å²) in [6, 6.07) is 0.745. The first-order valence-electron chi connectivity index (χ1n) is 6.49. The van der Waals surface area contributed by atoms with Crippen LogP contribution in [0, 0.1) is 5.92 Å². The van der Waals surface area contributed by atoms with Crippen LogP contribution in [0.15, 0.2) is 12.5 Å². The maximum absolute atomic E-state index is 4.23. The first-order valence-corrected chi connectivity index (χ1v) is 6.49. The van der Waals surface area contributed by atoms with Gasteiger partial charge >= 0.3 is 0 Å². The summed E-state index contributed by atoms with van der Waals surface area (Å²) < 4.78 is 2.33. The van der Waals surface area contributed by atoms with Crippen LogP contribution in [0.3, 0.4) is 0 Å². The molecule has 1 aliphatic carbocycles. The molecule has 3 heteroatoms. The molecule has 1 fully saturated rings. The molecule has 1 N–H and O–H groups in total. The summed E-state index contributed by atoms with van der Waals surface area (Å²) in [5.41, 5.74) is 1.34. The van der Waals surface area contributed by atoms with Gasteiger partial charge in [-0.1, -0.05) is 13.8 Å². The molecule has 0 radical (unpaired) electrons. The van der Waals surface area contributed by atoms with Crippen LogP contribution in [-0.2, 0) is 6.54 Å². The van der Waals surface area contributed by atoms with Gasteiger partial charge in [0.25, 0.3) is 0 Å². The van der Waals surface area contributed by atoms with E-state index in [4.69, 9.17) is 0 Å². The van der Waals surface area contributed by atoms with E-state index < -0.39 is 0 Å². The largest absolute Gasteiger partial charge is 0.330 e. The molecule has 0 atom stereocenters. The van der Waals surface area contributed by atoms with Crippen LogP contribution >= 0.6 is 0 Å². The minimum absolute atomic E-state index is 0.745. The third-order valence-corrected chi connectivity index (χ3v) is 3.13. The minimum atomic E-state index is 0.745. The highest BCUT2D eigenvalue weighted by Crippen LogP contribution is 2.35. The molecule has 2 rings (SSSR count). The van der Waals surface area contributed by atoms with E-state index >= 15 is 0 Å². The Morgan fingerprint density at radius 1 is 1.50 bits per heavy atom. The molecule has 0 aliphatic heterocycles. The van der Waals surface area contributed by atoms with E-state index in [1.807, 2.05) is 12.5 Å². The fraction of sp³-hybridized carbons (Fsp3) is 0.769. The molecule has 0 unspecified atom stereocenters. The normalized spacial score (nSPS) is 15.9. The van der Waals surface area contributed by atoms with Crippen molar-refractivity contribution < 1.29 is 0 Å². The van der Waals surface area contributed by atoms with Crippen molar-refractivity contribution in [2.75, 3.05) is 6.54 Å². The van der Waals surface area contributed by atoms with Gasteiger partial charge in [0.2, 0.25) is 0 Å². The zero-order chi connectivity index (χ0) is 11.4. The van der Waals surface area contributed by atoms with Crippen molar-refractivity contribution in [3.05, 3.63) is 18.2 Å². The Morgan fingerprint density at radius 2 is 2.31 bits per heavy atom. The van der Waals surface area contributed by atoms with E-state index in [2.05, 4.69) is 28.7 Å². The Hall–Kier alpha value is -0.830. The van der Waals surface area contributed by atoms with Crippen molar-refractivity contribution in [3.8, 4) is 0 Å². The van der Waals surface area contributed by atoms with Crippen LogP contribution in [0.1, 0.15) is 51.3 Å². The van der Waals surface area contributed by atoms with Crippen molar-refractivity contribution in [1.29, 1.82) is 0 Å². The van der Waals surface area contributed by atoms with E-state index in [0.29, 0.717) is 0 Å². The van der Waals surface area contributed by atoms with E-state index in [0.717, 1.165) is 25.0 Å². The van der Waals surface area contributed by atoms with Crippen LogP contribution < -0.4 is 5.32 Å². The number of hydrogen-bond donors (Lipinski definition) is 1.